The molecule has 2 aromatic rings. The highest BCUT2D eigenvalue weighted by atomic mass is 32.2. The number of hydrogen-bond donors (Lipinski definition) is 0. The third-order valence-electron chi connectivity index (χ3n) is 3.50. The van der Waals surface area contributed by atoms with Gasteiger partial charge in [-0.2, -0.15) is 4.31 Å². The second-order valence-corrected chi connectivity index (χ2v) is 8.05. The summed E-state index contributed by atoms with van der Waals surface area (Å²) in [6, 6.07) is 1.63. The van der Waals surface area contributed by atoms with Gasteiger partial charge in [-0.3, -0.25) is 0 Å². The molecule has 1 aliphatic rings. The van der Waals surface area contributed by atoms with E-state index in [0.29, 0.717) is 41.1 Å². The van der Waals surface area contributed by atoms with E-state index < -0.39 is 10.0 Å². The molecule has 0 aliphatic carbocycles. The molecule has 0 amide bonds. The maximum atomic E-state index is 12.6. The lowest BCUT2D eigenvalue weighted by Gasteiger charge is -2.25. The van der Waals surface area contributed by atoms with E-state index in [1.165, 1.54) is 11.3 Å². The van der Waals surface area contributed by atoms with E-state index in [1.54, 1.807) is 15.8 Å². The Bertz CT molecular complexity index is 715. The molecule has 6 nitrogen and oxygen atoms in total. The van der Waals surface area contributed by atoms with Crippen LogP contribution in [0, 0.1) is 0 Å². The highest BCUT2D eigenvalue weighted by Crippen LogP contribution is 2.30. The van der Waals surface area contributed by atoms with Crippen LogP contribution in [-0.2, 0) is 16.4 Å². The summed E-state index contributed by atoms with van der Waals surface area (Å²) in [6.45, 7) is 3.14. The van der Waals surface area contributed by atoms with Crippen LogP contribution in [0.3, 0.4) is 0 Å². The molecule has 1 aliphatic heterocycles. The van der Waals surface area contributed by atoms with Crippen LogP contribution in [0.1, 0.15) is 32.1 Å². The van der Waals surface area contributed by atoms with Crippen LogP contribution < -0.4 is 0 Å². The van der Waals surface area contributed by atoms with Crippen molar-refractivity contribution in [3.8, 4) is 11.5 Å². The Kier molecular flexibility index (Phi) is 4.10. The van der Waals surface area contributed by atoms with E-state index in [9.17, 15) is 8.42 Å². The van der Waals surface area contributed by atoms with Crippen LogP contribution in [0.25, 0.3) is 11.5 Å². The van der Waals surface area contributed by atoms with Crippen molar-refractivity contribution in [2.75, 3.05) is 13.1 Å². The van der Waals surface area contributed by atoms with Crippen molar-refractivity contribution in [3.05, 3.63) is 17.3 Å². The first-order valence-corrected chi connectivity index (χ1v) is 9.34. The molecule has 3 heterocycles. The normalized spacial score (nSPS) is 17.2. The van der Waals surface area contributed by atoms with Crippen molar-refractivity contribution in [3.63, 3.8) is 0 Å². The molecule has 0 radical (unpaired) electrons. The van der Waals surface area contributed by atoms with Gasteiger partial charge in [0.2, 0.25) is 11.8 Å². The zero-order chi connectivity index (χ0) is 14.9. The summed E-state index contributed by atoms with van der Waals surface area (Å²) in [5.74, 6) is 0.930. The number of aromatic nitrogens is 2. The van der Waals surface area contributed by atoms with Gasteiger partial charge in [-0.05, 0) is 18.9 Å². The highest BCUT2D eigenvalue weighted by Gasteiger charge is 2.28. The summed E-state index contributed by atoms with van der Waals surface area (Å²) in [5.41, 5.74) is 0.669. The monoisotopic (exact) mass is 327 g/mol. The molecular formula is C13H17N3O3S2. The van der Waals surface area contributed by atoms with Gasteiger partial charge >= 0.3 is 0 Å². The third kappa shape index (κ3) is 2.88. The van der Waals surface area contributed by atoms with Crippen molar-refractivity contribution in [1.29, 1.82) is 0 Å². The van der Waals surface area contributed by atoms with E-state index in [2.05, 4.69) is 10.2 Å². The van der Waals surface area contributed by atoms with E-state index >= 15 is 0 Å². The molecule has 0 saturated carbocycles. The maximum absolute atomic E-state index is 12.6. The van der Waals surface area contributed by atoms with Crippen LogP contribution in [-0.4, -0.2) is 36.0 Å². The highest BCUT2D eigenvalue weighted by molar-refractivity contribution is 7.91. The minimum atomic E-state index is -3.39. The second-order valence-electron chi connectivity index (χ2n) is 4.97. The summed E-state index contributed by atoms with van der Waals surface area (Å²) < 4.78 is 32.5. The minimum absolute atomic E-state index is 0.343. The molecular weight excluding hydrogens is 310 g/mol. The Hall–Kier alpha value is -1.25. The molecule has 0 unspecified atom stereocenters. The molecule has 0 N–H and O–H groups in total. The number of aryl methyl sites for hydroxylation is 1. The van der Waals surface area contributed by atoms with Gasteiger partial charge in [-0.1, -0.05) is 13.3 Å². The molecule has 1 saturated heterocycles. The molecule has 21 heavy (non-hydrogen) atoms. The molecule has 8 heteroatoms. The lowest BCUT2D eigenvalue weighted by Crippen LogP contribution is -2.35. The summed E-state index contributed by atoms with van der Waals surface area (Å²) in [7, 11) is -3.39. The first kappa shape index (κ1) is 14.7. The van der Waals surface area contributed by atoms with Crippen LogP contribution >= 0.6 is 11.3 Å². The standard InChI is InChI=1S/C13H17N3O3S2/c1-2-11-14-15-13(19-11)10-8-12(20-9-10)21(17,18)16-6-4-3-5-7-16/h8-9H,2-7H2,1H3. The fourth-order valence-corrected chi connectivity index (χ4v) is 5.13. The van der Waals surface area contributed by atoms with Crippen molar-refractivity contribution in [2.24, 2.45) is 0 Å². The fraction of sp³-hybridized carbons (Fsp3) is 0.538. The predicted molar refractivity (Wildman–Crippen MR) is 79.6 cm³/mol. The van der Waals surface area contributed by atoms with Crippen LogP contribution in [0.15, 0.2) is 20.1 Å². The van der Waals surface area contributed by atoms with Crippen LogP contribution in [0.2, 0.25) is 0 Å². The summed E-state index contributed by atoms with van der Waals surface area (Å²) in [4.78, 5) is 0. The third-order valence-corrected chi connectivity index (χ3v) is 6.81. The second kappa shape index (κ2) is 5.86. The van der Waals surface area contributed by atoms with E-state index in [0.717, 1.165) is 19.3 Å². The van der Waals surface area contributed by atoms with Gasteiger partial charge in [0, 0.05) is 24.9 Å². The zero-order valence-corrected chi connectivity index (χ0v) is 13.4. The van der Waals surface area contributed by atoms with Crippen LogP contribution in [0.5, 0.6) is 0 Å². The van der Waals surface area contributed by atoms with E-state index in [4.69, 9.17) is 4.42 Å². The van der Waals surface area contributed by atoms with Crippen LogP contribution in [0.4, 0.5) is 0 Å². The lowest BCUT2D eigenvalue weighted by molar-refractivity contribution is 0.347. The average molecular weight is 327 g/mol. The Morgan fingerprint density at radius 3 is 2.71 bits per heavy atom. The van der Waals surface area contributed by atoms with Gasteiger partial charge in [-0.15, -0.1) is 21.5 Å². The van der Waals surface area contributed by atoms with E-state index in [1.807, 2.05) is 6.92 Å². The van der Waals surface area contributed by atoms with Gasteiger partial charge in [0.25, 0.3) is 10.0 Å². The Morgan fingerprint density at radius 1 is 1.29 bits per heavy atom. The number of sulfonamides is 1. The van der Waals surface area contributed by atoms with Crippen molar-refractivity contribution in [1.82, 2.24) is 14.5 Å². The van der Waals surface area contributed by atoms with Crippen molar-refractivity contribution >= 4 is 21.4 Å². The minimum Gasteiger partial charge on any atom is -0.421 e. The van der Waals surface area contributed by atoms with Gasteiger partial charge in [-0.25, -0.2) is 8.42 Å². The quantitative estimate of drug-likeness (QED) is 0.862. The van der Waals surface area contributed by atoms with Gasteiger partial charge < -0.3 is 4.42 Å². The molecule has 0 atom stereocenters. The van der Waals surface area contributed by atoms with E-state index in [-0.39, 0.29) is 0 Å². The molecule has 0 spiro atoms. The number of nitrogens with zero attached hydrogens (tertiary/aromatic N) is 3. The van der Waals surface area contributed by atoms with Gasteiger partial charge in [0.1, 0.15) is 4.21 Å². The van der Waals surface area contributed by atoms with Crippen molar-refractivity contribution < 1.29 is 12.8 Å². The molecule has 114 valence electrons. The topological polar surface area (TPSA) is 76.3 Å². The largest absolute Gasteiger partial charge is 0.421 e. The zero-order valence-electron chi connectivity index (χ0n) is 11.8. The molecule has 2 aromatic heterocycles. The Morgan fingerprint density at radius 2 is 2.05 bits per heavy atom. The number of piperidine rings is 1. The molecule has 1 fully saturated rings. The lowest BCUT2D eigenvalue weighted by atomic mass is 10.2. The number of hydrogen-bond acceptors (Lipinski definition) is 6. The predicted octanol–water partition coefficient (Wildman–Crippen LogP) is 2.54. The van der Waals surface area contributed by atoms with Crippen molar-refractivity contribution in [2.45, 2.75) is 36.8 Å². The SMILES string of the molecule is CCc1nnc(-c2csc(S(=O)(=O)N3CCCCC3)c2)o1. The smallest absolute Gasteiger partial charge is 0.252 e. The number of rotatable bonds is 4. The Labute approximate surface area is 127 Å². The summed E-state index contributed by atoms with van der Waals surface area (Å²) >= 11 is 1.20. The average Bonchev–Trinajstić information content (AvgIpc) is 3.17. The summed E-state index contributed by atoms with van der Waals surface area (Å²) in [5, 5.41) is 9.60. The Balaban J connectivity index is 1.86. The van der Waals surface area contributed by atoms with Gasteiger partial charge in [0.15, 0.2) is 0 Å². The first-order chi connectivity index (χ1) is 10.1. The molecule has 3 rings (SSSR count). The number of thiophene rings is 1. The maximum Gasteiger partial charge on any atom is 0.252 e. The molecule has 0 bridgehead atoms. The van der Waals surface area contributed by atoms with Gasteiger partial charge in [0.05, 0.1) is 5.56 Å². The fourth-order valence-electron chi connectivity index (χ4n) is 2.31. The molecule has 0 aromatic carbocycles. The first-order valence-electron chi connectivity index (χ1n) is 7.02. The summed E-state index contributed by atoms with van der Waals surface area (Å²) in [6.07, 6.45) is 3.63.